The third kappa shape index (κ3) is 4.27. The first-order valence-electron chi connectivity index (χ1n) is 12.2. The summed E-state index contributed by atoms with van der Waals surface area (Å²) in [5.41, 5.74) is 0.992. The van der Waals surface area contributed by atoms with Gasteiger partial charge in [-0.1, -0.05) is 37.3 Å². The number of rotatable bonds is 4. The van der Waals surface area contributed by atoms with Crippen molar-refractivity contribution in [1.82, 2.24) is 9.99 Å². The van der Waals surface area contributed by atoms with Crippen LogP contribution in [0.1, 0.15) is 44.0 Å². The number of ether oxygens (including phenoxy) is 1. The molecule has 198 valence electrons. The second-order valence-corrected chi connectivity index (χ2v) is 10.0. The van der Waals surface area contributed by atoms with E-state index in [-0.39, 0.29) is 5.01 Å². The van der Waals surface area contributed by atoms with Gasteiger partial charge in [0.1, 0.15) is 12.2 Å². The zero-order valence-corrected chi connectivity index (χ0v) is 21.4. The number of aromatic nitrogens is 1. The molecule has 5 atom stereocenters. The van der Waals surface area contributed by atoms with Gasteiger partial charge in [-0.3, -0.25) is 19.4 Å². The van der Waals surface area contributed by atoms with Gasteiger partial charge >= 0.3 is 5.97 Å². The number of benzene rings is 1. The molecule has 2 heterocycles. The van der Waals surface area contributed by atoms with Crippen LogP contribution in [-0.4, -0.2) is 39.8 Å². The van der Waals surface area contributed by atoms with Crippen molar-refractivity contribution in [3.8, 4) is 17.2 Å². The van der Waals surface area contributed by atoms with Crippen LogP contribution in [0.15, 0.2) is 42.6 Å². The fourth-order valence-electron chi connectivity index (χ4n) is 5.72. The highest BCUT2D eigenvalue weighted by Gasteiger charge is 2.72. The summed E-state index contributed by atoms with van der Waals surface area (Å²) in [6.45, 7) is 5.77. The molecule has 1 saturated carbocycles. The van der Waals surface area contributed by atoms with E-state index in [1.807, 2.05) is 25.1 Å². The van der Waals surface area contributed by atoms with Gasteiger partial charge in [-0.05, 0) is 37.5 Å². The van der Waals surface area contributed by atoms with Crippen LogP contribution in [0.2, 0.25) is 0 Å². The van der Waals surface area contributed by atoms with Gasteiger partial charge in [-0.15, -0.1) is 0 Å². The summed E-state index contributed by atoms with van der Waals surface area (Å²) in [7, 11) is 0. The maximum Gasteiger partial charge on any atom is 0.322 e. The molecule has 1 saturated heterocycles. The van der Waals surface area contributed by atoms with E-state index in [0.29, 0.717) is 11.3 Å². The lowest BCUT2D eigenvalue weighted by Crippen LogP contribution is -2.62. The van der Waals surface area contributed by atoms with E-state index < -0.39 is 59.4 Å². The molecule has 38 heavy (non-hydrogen) atoms. The molecule has 2 fully saturated rings. The van der Waals surface area contributed by atoms with Gasteiger partial charge < -0.3 is 4.74 Å². The van der Waals surface area contributed by atoms with Crippen molar-refractivity contribution in [3.05, 3.63) is 59.4 Å². The number of hydrogen-bond donors (Lipinski definition) is 1. The minimum absolute atomic E-state index is 0.222. The van der Waals surface area contributed by atoms with Crippen molar-refractivity contribution in [2.75, 3.05) is 0 Å². The van der Waals surface area contributed by atoms with Crippen LogP contribution in [0, 0.1) is 41.4 Å². The van der Waals surface area contributed by atoms with Gasteiger partial charge in [0.15, 0.2) is 5.41 Å². The fraction of sp³-hybridized carbons (Fsp3) is 0.393. The summed E-state index contributed by atoms with van der Waals surface area (Å²) in [5, 5.41) is 9.74. The molecule has 0 radical (unpaired) electrons. The average Bonchev–Trinajstić information content (AvgIpc) is 3.12. The van der Waals surface area contributed by atoms with Crippen LogP contribution in [0.5, 0.6) is 0 Å². The Morgan fingerprint density at radius 2 is 1.97 bits per heavy atom. The number of imide groups is 1. The summed E-state index contributed by atoms with van der Waals surface area (Å²) in [4.78, 5) is 42.4. The molecule has 0 unspecified atom stereocenters. The Kier molecular flexibility index (Phi) is 6.93. The number of esters is 1. The van der Waals surface area contributed by atoms with Gasteiger partial charge in [0.2, 0.25) is 5.91 Å². The van der Waals surface area contributed by atoms with Gasteiger partial charge in [0.05, 0.1) is 11.3 Å². The molecule has 1 aliphatic carbocycles. The largest absolute Gasteiger partial charge is 0.461 e. The molecular formula is C28H28F2N4O4. The second-order valence-electron chi connectivity index (χ2n) is 10.0. The Morgan fingerprint density at radius 1 is 1.26 bits per heavy atom. The molecular weight excluding hydrogens is 494 g/mol. The monoisotopic (exact) mass is 522 g/mol. The number of nitriles is 1. The quantitative estimate of drug-likeness (QED) is 0.211. The first-order chi connectivity index (χ1) is 17.8. The van der Waals surface area contributed by atoms with Crippen molar-refractivity contribution < 1.29 is 27.9 Å². The number of nitrogens with two attached hydrogens (primary N) is 1. The standard InChI is InChI=1S/C28H28F2N4O4/c1-15-6-5-7-22(23(15)12-31)19-8-9-20(33-13-19)10-11-21-16(2)28(29,30)14-27(25(36)34(32)18(4)35)24(21)17(3)38-26(27)37/h5-11,13,16-17,21,24H,14,32H2,1-4H3/b11-10+/t16-,17+,21-,24-,27+/m0/s1. The second kappa shape index (κ2) is 9.72. The molecule has 8 nitrogen and oxygen atoms in total. The van der Waals surface area contributed by atoms with Crippen LogP contribution in [0.25, 0.3) is 17.2 Å². The highest BCUT2D eigenvalue weighted by Crippen LogP contribution is 2.60. The van der Waals surface area contributed by atoms with Gasteiger partial charge in [0, 0.05) is 42.5 Å². The Morgan fingerprint density at radius 3 is 2.58 bits per heavy atom. The van der Waals surface area contributed by atoms with Crippen LogP contribution in [0.3, 0.4) is 0 Å². The molecule has 4 rings (SSSR count). The highest BCUT2D eigenvalue weighted by molar-refractivity contribution is 6.09. The molecule has 1 aromatic heterocycles. The Balaban J connectivity index is 1.71. The third-order valence-electron chi connectivity index (χ3n) is 7.82. The minimum atomic E-state index is -3.42. The average molecular weight is 523 g/mol. The first kappa shape index (κ1) is 27.1. The normalized spacial score (nSPS) is 27.9. The molecule has 0 spiro atoms. The number of carbonyl (C=O) groups excluding carboxylic acids is 3. The lowest BCUT2D eigenvalue weighted by molar-refractivity contribution is -0.185. The van der Waals surface area contributed by atoms with E-state index >= 15 is 8.78 Å². The molecule has 2 amide bonds. The van der Waals surface area contributed by atoms with Crippen molar-refractivity contribution in [2.24, 2.45) is 29.0 Å². The van der Waals surface area contributed by atoms with E-state index in [9.17, 15) is 19.6 Å². The smallest absolute Gasteiger partial charge is 0.322 e. The zero-order chi connectivity index (χ0) is 28.0. The number of hydrazine groups is 1. The highest BCUT2D eigenvalue weighted by atomic mass is 19.3. The number of amides is 2. The predicted octanol–water partition coefficient (Wildman–Crippen LogP) is 4.03. The van der Waals surface area contributed by atoms with Gasteiger partial charge in [-0.25, -0.2) is 19.6 Å². The Labute approximate surface area is 219 Å². The topological polar surface area (TPSA) is 126 Å². The SMILES string of the molecule is CC(=O)N(N)C(=O)[C@@]12CC(F)(F)[C@@H](C)[C@H](/C=C/c3ccc(-c4cccc(C)c4C#N)cn3)[C@@H]1[C@@H](C)OC2=O. The lowest BCUT2D eigenvalue weighted by atomic mass is 9.56. The summed E-state index contributed by atoms with van der Waals surface area (Å²) in [6.07, 6.45) is 2.72. The fourth-order valence-corrected chi connectivity index (χ4v) is 5.72. The molecule has 1 aromatic carbocycles. The summed E-state index contributed by atoms with van der Waals surface area (Å²) >= 11 is 0. The number of hydrogen-bond acceptors (Lipinski definition) is 7. The van der Waals surface area contributed by atoms with Crippen LogP contribution in [-0.2, 0) is 19.1 Å². The number of aryl methyl sites for hydroxylation is 1. The number of alkyl halides is 2. The summed E-state index contributed by atoms with van der Waals surface area (Å²) in [5.74, 6) is -4.15. The van der Waals surface area contributed by atoms with E-state index in [1.165, 1.54) is 13.0 Å². The van der Waals surface area contributed by atoms with Crippen molar-refractivity contribution in [2.45, 2.75) is 46.1 Å². The molecule has 2 aliphatic rings. The Hall–Kier alpha value is -3.97. The molecule has 2 N–H and O–H groups in total. The summed E-state index contributed by atoms with van der Waals surface area (Å²) < 4.78 is 36.0. The minimum Gasteiger partial charge on any atom is -0.461 e. The van der Waals surface area contributed by atoms with Gasteiger partial charge in [-0.2, -0.15) is 5.26 Å². The number of nitrogens with zero attached hydrogens (tertiary/aromatic N) is 3. The number of cyclic esters (lactones) is 1. The van der Waals surface area contributed by atoms with Crippen LogP contribution >= 0.6 is 0 Å². The number of fused-ring (bicyclic) bond motifs is 1. The maximum absolute atomic E-state index is 15.3. The first-order valence-corrected chi connectivity index (χ1v) is 12.2. The van der Waals surface area contributed by atoms with Crippen molar-refractivity contribution in [1.29, 1.82) is 5.26 Å². The summed E-state index contributed by atoms with van der Waals surface area (Å²) in [6, 6.07) is 11.2. The third-order valence-corrected chi connectivity index (χ3v) is 7.82. The van der Waals surface area contributed by atoms with E-state index in [2.05, 4.69) is 11.1 Å². The predicted molar refractivity (Wildman–Crippen MR) is 134 cm³/mol. The van der Waals surface area contributed by atoms with Gasteiger partial charge in [0.25, 0.3) is 11.8 Å². The molecule has 2 aromatic rings. The number of halogens is 2. The van der Waals surface area contributed by atoms with E-state index in [0.717, 1.165) is 23.6 Å². The van der Waals surface area contributed by atoms with Crippen molar-refractivity contribution >= 4 is 23.9 Å². The number of pyridine rings is 1. The van der Waals surface area contributed by atoms with Crippen molar-refractivity contribution in [3.63, 3.8) is 0 Å². The molecule has 10 heteroatoms. The van der Waals surface area contributed by atoms with Crippen LogP contribution in [0.4, 0.5) is 8.78 Å². The van der Waals surface area contributed by atoms with E-state index in [4.69, 9.17) is 10.6 Å². The van der Waals surface area contributed by atoms with E-state index in [1.54, 1.807) is 31.3 Å². The molecule has 0 bridgehead atoms. The lowest BCUT2D eigenvalue weighted by Gasteiger charge is -2.47. The Bertz CT molecular complexity index is 1370. The zero-order valence-electron chi connectivity index (χ0n) is 21.4. The number of allylic oxidation sites excluding steroid dienone is 1. The van der Waals surface area contributed by atoms with Crippen LogP contribution < -0.4 is 5.84 Å². The maximum atomic E-state index is 15.3. The molecule has 1 aliphatic heterocycles. The number of carbonyl (C=O) groups is 3.